The van der Waals surface area contributed by atoms with E-state index in [4.69, 9.17) is 4.74 Å². The maximum atomic E-state index is 12.2. The molecule has 0 spiro atoms. The standard InChI is InChI=1S/C24H28N2O5/c1-3-4-5-9-22(28)26-20-12-10-18(11-13-20)21(27)16-31-23(29)15-25-24(30)19-8-6-7-17(2)14-19/h6-8,10-14H,3-5,9,15-16H2,1-2H3,(H,25,30)(H,26,28). The summed E-state index contributed by atoms with van der Waals surface area (Å²) in [5, 5.41) is 5.25. The second-order valence-electron chi connectivity index (χ2n) is 7.22. The average Bonchev–Trinajstić information content (AvgIpc) is 2.76. The van der Waals surface area contributed by atoms with E-state index in [2.05, 4.69) is 17.6 Å². The summed E-state index contributed by atoms with van der Waals surface area (Å²) in [7, 11) is 0. The zero-order chi connectivity index (χ0) is 22.6. The number of esters is 1. The first-order chi connectivity index (χ1) is 14.9. The molecule has 0 bridgehead atoms. The summed E-state index contributed by atoms with van der Waals surface area (Å²) in [6.45, 7) is 3.18. The van der Waals surface area contributed by atoms with Gasteiger partial charge in [-0.3, -0.25) is 19.2 Å². The number of ketones is 1. The van der Waals surface area contributed by atoms with Crippen molar-refractivity contribution in [1.82, 2.24) is 5.32 Å². The van der Waals surface area contributed by atoms with Crippen molar-refractivity contribution in [2.45, 2.75) is 39.5 Å². The first kappa shape index (κ1) is 23.8. The van der Waals surface area contributed by atoms with Gasteiger partial charge in [-0.1, -0.05) is 37.5 Å². The topological polar surface area (TPSA) is 102 Å². The molecule has 0 saturated carbocycles. The molecule has 0 fully saturated rings. The number of carbonyl (C=O) groups excluding carboxylic acids is 4. The predicted octanol–water partition coefficient (Wildman–Crippen LogP) is 3.67. The van der Waals surface area contributed by atoms with Crippen LogP contribution >= 0.6 is 0 Å². The molecule has 0 unspecified atom stereocenters. The van der Waals surface area contributed by atoms with Gasteiger partial charge < -0.3 is 15.4 Å². The molecule has 0 aliphatic rings. The predicted molar refractivity (Wildman–Crippen MR) is 118 cm³/mol. The van der Waals surface area contributed by atoms with E-state index >= 15 is 0 Å². The number of aryl methyl sites for hydroxylation is 1. The van der Waals surface area contributed by atoms with Crippen LogP contribution in [0.25, 0.3) is 0 Å². The van der Waals surface area contributed by atoms with Crippen LogP contribution in [-0.2, 0) is 14.3 Å². The van der Waals surface area contributed by atoms with Crippen LogP contribution in [0.4, 0.5) is 5.69 Å². The van der Waals surface area contributed by atoms with Gasteiger partial charge >= 0.3 is 5.97 Å². The Balaban J connectivity index is 1.74. The van der Waals surface area contributed by atoms with E-state index in [9.17, 15) is 19.2 Å². The molecule has 0 saturated heterocycles. The molecule has 7 heteroatoms. The lowest BCUT2D eigenvalue weighted by Crippen LogP contribution is -2.31. The van der Waals surface area contributed by atoms with E-state index in [1.807, 2.05) is 13.0 Å². The summed E-state index contributed by atoms with van der Waals surface area (Å²) >= 11 is 0. The van der Waals surface area contributed by atoms with Crippen molar-refractivity contribution >= 4 is 29.3 Å². The Morgan fingerprint density at radius 3 is 2.35 bits per heavy atom. The summed E-state index contributed by atoms with van der Waals surface area (Å²) in [6, 6.07) is 13.4. The monoisotopic (exact) mass is 424 g/mol. The average molecular weight is 424 g/mol. The number of ether oxygens (including phenoxy) is 1. The maximum Gasteiger partial charge on any atom is 0.325 e. The lowest BCUT2D eigenvalue weighted by Gasteiger charge is -2.08. The number of nitrogens with one attached hydrogen (secondary N) is 2. The van der Waals surface area contributed by atoms with Gasteiger partial charge in [0.05, 0.1) is 0 Å². The smallest absolute Gasteiger partial charge is 0.325 e. The van der Waals surface area contributed by atoms with Gasteiger partial charge in [-0.05, 0) is 49.7 Å². The molecule has 31 heavy (non-hydrogen) atoms. The first-order valence-corrected chi connectivity index (χ1v) is 10.3. The molecular formula is C24H28N2O5. The summed E-state index contributed by atoms with van der Waals surface area (Å²) < 4.78 is 4.94. The number of hydrogen-bond acceptors (Lipinski definition) is 5. The summed E-state index contributed by atoms with van der Waals surface area (Å²) in [4.78, 5) is 47.9. The van der Waals surface area contributed by atoms with Gasteiger partial charge in [0.25, 0.3) is 5.91 Å². The third-order valence-electron chi connectivity index (χ3n) is 4.54. The van der Waals surface area contributed by atoms with Crippen molar-refractivity contribution in [2.75, 3.05) is 18.5 Å². The van der Waals surface area contributed by atoms with E-state index in [1.165, 1.54) is 0 Å². The van der Waals surface area contributed by atoms with Crippen molar-refractivity contribution < 1.29 is 23.9 Å². The molecule has 2 rings (SSSR count). The zero-order valence-electron chi connectivity index (χ0n) is 17.9. The molecule has 0 aromatic heterocycles. The largest absolute Gasteiger partial charge is 0.456 e. The fraction of sp³-hybridized carbons (Fsp3) is 0.333. The Labute approximate surface area is 182 Å². The highest BCUT2D eigenvalue weighted by atomic mass is 16.5. The van der Waals surface area contributed by atoms with E-state index in [0.717, 1.165) is 24.8 Å². The molecule has 2 amide bonds. The third kappa shape index (κ3) is 8.42. The number of carbonyl (C=O) groups is 4. The van der Waals surface area contributed by atoms with Crippen molar-refractivity contribution in [3.63, 3.8) is 0 Å². The second kappa shape index (κ2) is 12.3. The molecule has 164 valence electrons. The number of benzene rings is 2. The van der Waals surface area contributed by atoms with Crippen LogP contribution in [0, 0.1) is 6.92 Å². The van der Waals surface area contributed by atoms with Gasteiger partial charge in [0, 0.05) is 23.2 Å². The minimum Gasteiger partial charge on any atom is -0.456 e. The van der Waals surface area contributed by atoms with E-state index in [0.29, 0.717) is 23.2 Å². The molecule has 2 aromatic rings. The van der Waals surface area contributed by atoms with Gasteiger partial charge in [-0.25, -0.2) is 0 Å². The number of unbranched alkanes of at least 4 members (excludes halogenated alkanes) is 2. The molecule has 2 N–H and O–H groups in total. The third-order valence-corrected chi connectivity index (χ3v) is 4.54. The molecular weight excluding hydrogens is 396 g/mol. The van der Waals surface area contributed by atoms with Gasteiger partial charge in [-0.15, -0.1) is 0 Å². The minimum absolute atomic E-state index is 0.0610. The number of anilines is 1. The molecule has 0 atom stereocenters. The molecule has 0 aliphatic carbocycles. The SMILES string of the molecule is CCCCCC(=O)Nc1ccc(C(=O)COC(=O)CNC(=O)c2cccc(C)c2)cc1. The number of rotatable bonds is 11. The first-order valence-electron chi connectivity index (χ1n) is 10.3. The molecule has 2 aromatic carbocycles. The van der Waals surface area contributed by atoms with Crippen molar-refractivity contribution in [3.05, 3.63) is 65.2 Å². The van der Waals surface area contributed by atoms with Crippen LogP contribution in [0.5, 0.6) is 0 Å². The lowest BCUT2D eigenvalue weighted by atomic mass is 10.1. The van der Waals surface area contributed by atoms with E-state index in [1.54, 1.807) is 42.5 Å². The fourth-order valence-electron chi connectivity index (χ4n) is 2.82. The fourth-order valence-corrected chi connectivity index (χ4v) is 2.82. The quantitative estimate of drug-likeness (QED) is 0.326. The Morgan fingerprint density at radius 2 is 1.68 bits per heavy atom. The summed E-state index contributed by atoms with van der Waals surface area (Å²) in [5.74, 6) is -1.53. The Morgan fingerprint density at radius 1 is 0.935 bits per heavy atom. The lowest BCUT2D eigenvalue weighted by molar-refractivity contribution is -0.141. The summed E-state index contributed by atoms with van der Waals surface area (Å²) in [6.07, 6.45) is 3.36. The minimum atomic E-state index is -0.703. The van der Waals surface area contributed by atoms with Crippen LogP contribution in [0.15, 0.2) is 48.5 Å². The van der Waals surface area contributed by atoms with Crippen LogP contribution in [0.2, 0.25) is 0 Å². The van der Waals surface area contributed by atoms with Gasteiger partial charge in [0.2, 0.25) is 5.91 Å². The zero-order valence-corrected chi connectivity index (χ0v) is 17.9. The van der Waals surface area contributed by atoms with Crippen molar-refractivity contribution in [1.29, 1.82) is 0 Å². The van der Waals surface area contributed by atoms with E-state index in [-0.39, 0.29) is 24.1 Å². The van der Waals surface area contributed by atoms with Gasteiger partial charge in [0.15, 0.2) is 12.4 Å². The highest BCUT2D eigenvalue weighted by Gasteiger charge is 2.12. The Hall–Kier alpha value is -3.48. The Bertz CT molecular complexity index is 922. The van der Waals surface area contributed by atoms with Crippen LogP contribution in [0.1, 0.15) is 58.9 Å². The maximum absolute atomic E-state index is 12.2. The highest BCUT2D eigenvalue weighted by molar-refractivity contribution is 5.99. The normalized spacial score (nSPS) is 10.3. The molecule has 0 radical (unpaired) electrons. The Kier molecular flexibility index (Phi) is 9.42. The number of Topliss-reactive ketones (excluding diaryl/α,β-unsaturated/α-hetero) is 1. The van der Waals surface area contributed by atoms with Crippen LogP contribution < -0.4 is 10.6 Å². The highest BCUT2D eigenvalue weighted by Crippen LogP contribution is 2.12. The summed E-state index contributed by atoms with van der Waals surface area (Å²) in [5.41, 5.74) is 2.35. The number of amides is 2. The molecule has 0 aliphatic heterocycles. The second-order valence-corrected chi connectivity index (χ2v) is 7.22. The van der Waals surface area contributed by atoms with Crippen molar-refractivity contribution in [2.24, 2.45) is 0 Å². The van der Waals surface area contributed by atoms with Gasteiger partial charge in [-0.2, -0.15) is 0 Å². The van der Waals surface area contributed by atoms with Crippen LogP contribution in [-0.4, -0.2) is 36.7 Å². The molecule has 0 heterocycles. The van der Waals surface area contributed by atoms with Crippen molar-refractivity contribution in [3.8, 4) is 0 Å². The van der Waals surface area contributed by atoms with Crippen LogP contribution in [0.3, 0.4) is 0 Å². The van der Waals surface area contributed by atoms with E-state index < -0.39 is 12.6 Å². The number of hydrogen-bond donors (Lipinski definition) is 2. The molecule has 7 nitrogen and oxygen atoms in total. The van der Waals surface area contributed by atoms with Gasteiger partial charge in [0.1, 0.15) is 6.54 Å².